The van der Waals surface area contributed by atoms with Crippen molar-refractivity contribution in [1.29, 1.82) is 5.26 Å². The number of benzene rings is 1. The van der Waals surface area contributed by atoms with E-state index < -0.39 is 0 Å². The molecule has 11 heavy (non-hydrogen) atoms. The molecule has 0 radical (unpaired) electrons. The van der Waals surface area contributed by atoms with E-state index >= 15 is 0 Å². The molecule has 0 N–H and O–H groups in total. The Morgan fingerprint density at radius 1 is 1.55 bits per heavy atom. The first kappa shape index (κ1) is 8.29. The van der Waals surface area contributed by atoms with E-state index in [-0.39, 0.29) is 0 Å². The van der Waals surface area contributed by atoms with Crippen molar-refractivity contribution in [2.24, 2.45) is 0 Å². The Hall–Kier alpha value is -0.810. The lowest BCUT2D eigenvalue weighted by molar-refractivity contribution is 1.33. The number of halogens is 1. The second-order valence-corrected chi connectivity index (χ2v) is 2.96. The summed E-state index contributed by atoms with van der Waals surface area (Å²) in [5, 5.41) is 9.48. The molecule has 0 saturated carbocycles. The van der Waals surface area contributed by atoms with Gasteiger partial charge in [-0.15, -0.1) is 0 Å². The standard InChI is InChI=1S/C9H8BrN/c1-7-2-3-8(5-10)4-9(7)6-11/h2-4H,5H2,1H3. The molecule has 1 aromatic rings. The molecule has 2 heteroatoms. The molecular formula is C9H8BrN. The van der Waals surface area contributed by atoms with Crippen LogP contribution in [0.4, 0.5) is 0 Å². The van der Waals surface area contributed by atoms with Gasteiger partial charge in [-0.05, 0) is 24.1 Å². The van der Waals surface area contributed by atoms with E-state index in [2.05, 4.69) is 22.0 Å². The van der Waals surface area contributed by atoms with Gasteiger partial charge < -0.3 is 0 Å². The third-order valence-electron chi connectivity index (χ3n) is 1.58. The van der Waals surface area contributed by atoms with Gasteiger partial charge in [0.2, 0.25) is 0 Å². The zero-order valence-corrected chi connectivity index (χ0v) is 7.85. The number of nitrogens with zero attached hydrogens (tertiary/aromatic N) is 1. The molecule has 0 bridgehead atoms. The average molecular weight is 210 g/mol. The zero-order valence-electron chi connectivity index (χ0n) is 6.26. The van der Waals surface area contributed by atoms with Gasteiger partial charge in [0.15, 0.2) is 0 Å². The topological polar surface area (TPSA) is 23.8 Å². The van der Waals surface area contributed by atoms with Crippen LogP contribution in [0.5, 0.6) is 0 Å². The molecule has 0 aliphatic carbocycles. The number of alkyl halides is 1. The number of hydrogen-bond donors (Lipinski definition) is 0. The van der Waals surface area contributed by atoms with Crippen LogP contribution in [0.25, 0.3) is 0 Å². The first-order chi connectivity index (χ1) is 5.27. The molecule has 0 aromatic heterocycles. The van der Waals surface area contributed by atoms with Crippen LogP contribution >= 0.6 is 15.9 Å². The Kier molecular flexibility index (Phi) is 2.67. The molecule has 0 unspecified atom stereocenters. The van der Waals surface area contributed by atoms with Crippen molar-refractivity contribution in [3.63, 3.8) is 0 Å². The van der Waals surface area contributed by atoms with Crippen LogP contribution in [0, 0.1) is 18.3 Å². The number of nitriles is 1. The fourth-order valence-electron chi connectivity index (χ4n) is 0.873. The molecule has 1 aromatic carbocycles. The van der Waals surface area contributed by atoms with Gasteiger partial charge in [-0.25, -0.2) is 0 Å². The van der Waals surface area contributed by atoms with E-state index in [4.69, 9.17) is 5.26 Å². The maximum absolute atomic E-state index is 8.67. The van der Waals surface area contributed by atoms with Crippen molar-refractivity contribution >= 4 is 15.9 Å². The first-order valence-corrected chi connectivity index (χ1v) is 4.45. The van der Waals surface area contributed by atoms with E-state index in [9.17, 15) is 0 Å². The predicted octanol–water partition coefficient (Wildman–Crippen LogP) is 2.76. The lowest BCUT2D eigenvalue weighted by atomic mass is 10.1. The second kappa shape index (κ2) is 3.54. The highest BCUT2D eigenvalue weighted by Crippen LogP contribution is 2.12. The molecule has 0 saturated heterocycles. The van der Waals surface area contributed by atoms with Gasteiger partial charge in [0.05, 0.1) is 11.6 Å². The minimum absolute atomic E-state index is 0.766. The van der Waals surface area contributed by atoms with Crippen LogP contribution in [0.3, 0.4) is 0 Å². The highest BCUT2D eigenvalue weighted by molar-refractivity contribution is 9.08. The third-order valence-corrected chi connectivity index (χ3v) is 2.22. The van der Waals surface area contributed by atoms with Gasteiger partial charge in [-0.2, -0.15) is 5.26 Å². The SMILES string of the molecule is Cc1ccc(CBr)cc1C#N. The molecule has 0 aliphatic heterocycles. The minimum Gasteiger partial charge on any atom is -0.192 e. The van der Waals surface area contributed by atoms with Crippen molar-refractivity contribution in [1.82, 2.24) is 0 Å². The number of rotatable bonds is 1. The summed E-state index contributed by atoms with van der Waals surface area (Å²) in [5.41, 5.74) is 2.95. The zero-order chi connectivity index (χ0) is 8.27. The molecule has 0 amide bonds. The maximum Gasteiger partial charge on any atom is 0.0994 e. The van der Waals surface area contributed by atoms with E-state index in [0.717, 1.165) is 22.0 Å². The van der Waals surface area contributed by atoms with Crippen LogP contribution in [-0.2, 0) is 5.33 Å². The summed E-state index contributed by atoms with van der Waals surface area (Å²) in [4.78, 5) is 0. The van der Waals surface area contributed by atoms with Crippen LogP contribution in [0.2, 0.25) is 0 Å². The Balaban J connectivity index is 3.15. The van der Waals surface area contributed by atoms with Crippen molar-refractivity contribution in [3.05, 3.63) is 34.9 Å². The van der Waals surface area contributed by atoms with Gasteiger partial charge in [0, 0.05) is 5.33 Å². The Morgan fingerprint density at radius 2 is 2.27 bits per heavy atom. The molecule has 1 nitrogen and oxygen atoms in total. The molecular weight excluding hydrogens is 202 g/mol. The van der Waals surface area contributed by atoms with Crippen molar-refractivity contribution in [2.45, 2.75) is 12.3 Å². The second-order valence-electron chi connectivity index (χ2n) is 2.39. The van der Waals surface area contributed by atoms with Gasteiger partial charge in [-0.1, -0.05) is 28.1 Å². The average Bonchev–Trinajstić information content (AvgIpc) is 2.05. The van der Waals surface area contributed by atoms with E-state index in [1.807, 2.05) is 25.1 Å². The maximum atomic E-state index is 8.67. The van der Waals surface area contributed by atoms with Gasteiger partial charge in [-0.3, -0.25) is 0 Å². The summed E-state index contributed by atoms with van der Waals surface area (Å²) in [6, 6.07) is 8.04. The van der Waals surface area contributed by atoms with Crippen LogP contribution < -0.4 is 0 Å². The van der Waals surface area contributed by atoms with E-state index in [1.54, 1.807) is 0 Å². The van der Waals surface area contributed by atoms with Crippen molar-refractivity contribution < 1.29 is 0 Å². The lowest BCUT2D eigenvalue weighted by Gasteiger charge is -1.98. The lowest BCUT2D eigenvalue weighted by Crippen LogP contribution is -1.84. The van der Waals surface area contributed by atoms with Gasteiger partial charge in [0.25, 0.3) is 0 Å². The van der Waals surface area contributed by atoms with Crippen LogP contribution in [0.15, 0.2) is 18.2 Å². The molecule has 0 spiro atoms. The van der Waals surface area contributed by atoms with Crippen molar-refractivity contribution in [3.8, 4) is 6.07 Å². The minimum atomic E-state index is 0.766. The molecule has 0 atom stereocenters. The smallest absolute Gasteiger partial charge is 0.0994 e. The Labute approximate surface area is 74.8 Å². The first-order valence-electron chi connectivity index (χ1n) is 3.33. The van der Waals surface area contributed by atoms with Crippen LogP contribution in [0.1, 0.15) is 16.7 Å². The molecule has 56 valence electrons. The highest BCUT2D eigenvalue weighted by atomic mass is 79.9. The monoisotopic (exact) mass is 209 g/mol. The summed E-state index contributed by atoms with van der Waals surface area (Å²) in [7, 11) is 0. The Bertz CT molecular complexity index is 299. The van der Waals surface area contributed by atoms with E-state index in [1.165, 1.54) is 0 Å². The van der Waals surface area contributed by atoms with Gasteiger partial charge in [0.1, 0.15) is 0 Å². The highest BCUT2D eigenvalue weighted by Gasteiger charge is 1.96. The van der Waals surface area contributed by atoms with E-state index in [0.29, 0.717) is 0 Å². The largest absolute Gasteiger partial charge is 0.192 e. The summed E-state index contributed by atoms with van der Waals surface area (Å²) in [6.07, 6.45) is 0. The summed E-state index contributed by atoms with van der Waals surface area (Å²) < 4.78 is 0. The van der Waals surface area contributed by atoms with Crippen molar-refractivity contribution in [2.75, 3.05) is 0 Å². The fourth-order valence-corrected chi connectivity index (χ4v) is 1.22. The Morgan fingerprint density at radius 3 is 2.82 bits per heavy atom. The number of aryl methyl sites for hydroxylation is 1. The fraction of sp³-hybridized carbons (Fsp3) is 0.222. The summed E-state index contributed by atoms with van der Waals surface area (Å²) in [5.74, 6) is 0. The quantitative estimate of drug-likeness (QED) is 0.653. The predicted molar refractivity (Wildman–Crippen MR) is 48.5 cm³/mol. The number of hydrogen-bond acceptors (Lipinski definition) is 1. The summed E-state index contributed by atoms with van der Waals surface area (Å²) >= 11 is 3.34. The molecule has 0 heterocycles. The van der Waals surface area contributed by atoms with Crippen LogP contribution in [-0.4, -0.2) is 0 Å². The molecule has 0 fully saturated rings. The normalized spacial score (nSPS) is 9.18. The van der Waals surface area contributed by atoms with Gasteiger partial charge >= 0.3 is 0 Å². The molecule has 1 rings (SSSR count). The third kappa shape index (κ3) is 1.81. The summed E-state index contributed by atoms with van der Waals surface area (Å²) in [6.45, 7) is 1.94. The molecule has 0 aliphatic rings.